The monoisotopic (exact) mass is 295 g/mol. The predicted octanol–water partition coefficient (Wildman–Crippen LogP) is 2.46. The van der Waals surface area contributed by atoms with Gasteiger partial charge in [0.05, 0.1) is 18.3 Å². The highest BCUT2D eigenvalue weighted by atomic mass is 32.2. The summed E-state index contributed by atoms with van der Waals surface area (Å²) in [5, 5.41) is 2.91. The van der Waals surface area contributed by atoms with Gasteiger partial charge in [0.1, 0.15) is 0 Å². The van der Waals surface area contributed by atoms with E-state index in [-0.39, 0.29) is 12.0 Å². The number of nitrogens with one attached hydrogen (secondary N) is 1. The van der Waals surface area contributed by atoms with Crippen molar-refractivity contribution in [2.75, 3.05) is 18.2 Å². The van der Waals surface area contributed by atoms with Crippen LogP contribution < -0.4 is 5.32 Å². The highest BCUT2D eigenvalue weighted by Crippen LogP contribution is 2.19. The summed E-state index contributed by atoms with van der Waals surface area (Å²) in [6, 6.07) is 7.51. The Balaban J connectivity index is 1.94. The van der Waals surface area contributed by atoms with Crippen LogP contribution in [0, 0.1) is 0 Å². The van der Waals surface area contributed by atoms with Crippen molar-refractivity contribution in [1.82, 2.24) is 0 Å². The molecule has 0 radical (unpaired) electrons. The highest BCUT2D eigenvalue weighted by Gasteiger charge is 2.18. The van der Waals surface area contributed by atoms with Gasteiger partial charge in [0, 0.05) is 29.3 Å². The number of hydrogen-bond donors (Lipinski definition) is 1. The van der Waals surface area contributed by atoms with Gasteiger partial charge in [0.2, 0.25) is 5.91 Å². The molecule has 1 aliphatic heterocycles. The molecule has 5 heteroatoms. The molecular formula is C15H21NO3S. The molecule has 110 valence electrons. The molecule has 1 aromatic carbocycles. The lowest BCUT2D eigenvalue weighted by molar-refractivity contribution is -0.119. The first-order valence-electron chi connectivity index (χ1n) is 6.94. The first-order chi connectivity index (χ1) is 9.65. The molecule has 4 nitrogen and oxygen atoms in total. The second-order valence-electron chi connectivity index (χ2n) is 5.12. The molecule has 1 aromatic rings. The molecule has 0 saturated carbocycles. The second-order valence-corrected chi connectivity index (χ2v) is 6.55. The van der Waals surface area contributed by atoms with Gasteiger partial charge in [-0.1, -0.05) is 18.2 Å². The Morgan fingerprint density at radius 1 is 1.40 bits per heavy atom. The van der Waals surface area contributed by atoms with Gasteiger partial charge in [-0.25, -0.2) is 0 Å². The minimum Gasteiger partial charge on any atom is -0.378 e. The first kappa shape index (κ1) is 15.2. The first-order valence-corrected chi connectivity index (χ1v) is 8.67. The van der Waals surface area contributed by atoms with E-state index < -0.39 is 10.8 Å². The number of carbonyl (C=O) groups excluding carboxylic acids is 1. The molecule has 0 unspecified atom stereocenters. The van der Waals surface area contributed by atoms with Gasteiger partial charge in [-0.15, -0.1) is 0 Å². The Morgan fingerprint density at radius 2 is 2.20 bits per heavy atom. The summed E-state index contributed by atoms with van der Waals surface area (Å²) in [7, 11) is -0.924. The summed E-state index contributed by atoms with van der Waals surface area (Å²) in [5.41, 5.74) is 1.66. The number of rotatable bonds is 5. The molecule has 20 heavy (non-hydrogen) atoms. The molecule has 0 aliphatic carbocycles. The number of hydrogen-bond acceptors (Lipinski definition) is 3. The molecule has 1 fully saturated rings. The van der Waals surface area contributed by atoms with Gasteiger partial charge in [0.25, 0.3) is 0 Å². The fraction of sp³-hybridized carbons (Fsp3) is 0.533. The zero-order chi connectivity index (χ0) is 14.4. The number of ether oxygens (including phenoxy) is 1. The fourth-order valence-electron chi connectivity index (χ4n) is 2.36. The quantitative estimate of drug-likeness (QED) is 0.908. The van der Waals surface area contributed by atoms with Gasteiger partial charge < -0.3 is 10.1 Å². The van der Waals surface area contributed by atoms with Crippen LogP contribution in [0.1, 0.15) is 31.2 Å². The van der Waals surface area contributed by atoms with Crippen molar-refractivity contribution >= 4 is 22.4 Å². The van der Waals surface area contributed by atoms with E-state index in [0.717, 1.165) is 37.1 Å². The number of amides is 1. The third-order valence-corrected chi connectivity index (χ3v) is 4.05. The molecule has 1 amide bonds. The lowest BCUT2D eigenvalue weighted by Gasteiger charge is -2.22. The van der Waals surface area contributed by atoms with Gasteiger partial charge in [-0.05, 0) is 30.9 Å². The van der Waals surface area contributed by atoms with E-state index in [4.69, 9.17) is 4.74 Å². The number of para-hydroxylation sites is 1. The molecule has 2 atom stereocenters. The summed E-state index contributed by atoms with van der Waals surface area (Å²) >= 11 is 0. The fourth-order valence-corrected chi connectivity index (χ4v) is 3.05. The zero-order valence-electron chi connectivity index (χ0n) is 11.8. The second kappa shape index (κ2) is 7.55. The summed E-state index contributed by atoms with van der Waals surface area (Å²) in [6.07, 6.45) is 5.26. The van der Waals surface area contributed by atoms with E-state index in [2.05, 4.69) is 5.32 Å². The lowest BCUT2D eigenvalue weighted by Crippen LogP contribution is -2.25. The standard InChI is InChI=1S/C15H21NO3S/c1-20(18)11-12-6-2-3-8-14(12)16-15(17)10-13-7-4-5-9-19-13/h2-3,6,8,13H,4-5,7,9-11H2,1H3,(H,16,17)/t13-,20-/m0/s1. The minimum atomic E-state index is -0.924. The van der Waals surface area contributed by atoms with Crippen molar-refractivity contribution in [3.05, 3.63) is 29.8 Å². The Morgan fingerprint density at radius 3 is 2.90 bits per heavy atom. The molecule has 1 saturated heterocycles. The van der Waals surface area contributed by atoms with Crippen LogP contribution in [-0.2, 0) is 26.1 Å². The molecule has 1 heterocycles. The van der Waals surface area contributed by atoms with Gasteiger partial charge in [-0.3, -0.25) is 9.00 Å². The molecule has 0 bridgehead atoms. The molecule has 0 spiro atoms. The van der Waals surface area contributed by atoms with E-state index in [0.29, 0.717) is 12.2 Å². The number of benzene rings is 1. The van der Waals surface area contributed by atoms with Crippen molar-refractivity contribution in [1.29, 1.82) is 0 Å². The summed E-state index contributed by atoms with van der Waals surface area (Å²) in [5.74, 6) is 0.419. The van der Waals surface area contributed by atoms with Crippen LogP contribution >= 0.6 is 0 Å². The van der Waals surface area contributed by atoms with Crippen molar-refractivity contribution in [2.24, 2.45) is 0 Å². The topological polar surface area (TPSA) is 55.4 Å². The Labute approximate surface area is 122 Å². The van der Waals surface area contributed by atoms with Crippen LogP contribution in [0.5, 0.6) is 0 Å². The average Bonchev–Trinajstić information content (AvgIpc) is 2.41. The summed E-state index contributed by atoms with van der Waals surface area (Å²) in [6.45, 7) is 0.753. The number of carbonyl (C=O) groups is 1. The Kier molecular flexibility index (Phi) is 5.73. The summed E-state index contributed by atoms with van der Waals surface area (Å²) in [4.78, 5) is 12.1. The largest absolute Gasteiger partial charge is 0.378 e. The minimum absolute atomic E-state index is 0.0359. The molecule has 1 aliphatic rings. The van der Waals surface area contributed by atoms with E-state index >= 15 is 0 Å². The van der Waals surface area contributed by atoms with E-state index in [1.165, 1.54) is 0 Å². The zero-order valence-corrected chi connectivity index (χ0v) is 12.6. The van der Waals surface area contributed by atoms with Crippen LogP contribution in [0.3, 0.4) is 0 Å². The van der Waals surface area contributed by atoms with E-state index in [1.54, 1.807) is 6.26 Å². The average molecular weight is 295 g/mol. The van der Waals surface area contributed by atoms with Crippen LogP contribution in [0.25, 0.3) is 0 Å². The van der Waals surface area contributed by atoms with Crippen LogP contribution in [-0.4, -0.2) is 29.1 Å². The third-order valence-electron chi connectivity index (χ3n) is 3.34. The van der Waals surface area contributed by atoms with Crippen molar-refractivity contribution in [3.63, 3.8) is 0 Å². The van der Waals surface area contributed by atoms with E-state index in [9.17, 15) is 9.00 Å². The number of anilines is 1. The molecule has 1 N–H and O–H groups in total. The van der Waals surface area contributed by atoms with Gasteiger partial charge >= 0.3 is 0 Å². The van der Waals surface area contributed by atoms with Crippen molar-refractivity contribution in [2.45, 2.75) is 37.5 Å². The van der Waals surface area contributed by atoms with E-state index in [1.807, 2.05) is 24.3 Å². The predicted molar refractivity (Wildman–Crippen MR) is 81.1 cm³/mol. The van der Waals surface area contributed by atoms with Gasteiger partial charge in [0.15, 0.2) is 0 Å². The van der Waals surface area contributed by atoms with Crippen LogP contribution in [0.4, 0.5) is 5.69 Å². The normalized spacial score (nSPS) is 20.4. The van der Waals surface area contributed by atoms with Gasteiger partial charge in [-0.2, -0.15) is 0 Å². The lowest BCUT2D eigenvalue weighted by atomic mass is 10.1. The Bertz CT molecular complexity index is 484. The Hall–Kier alpha value is -1.20. The molecule has 0 aromatic heterocycles. The van der Waals surface area contributed by atoms with Crippen molar-refractivity contribution in [3.8, 4) is 0 Å². The maximum absolute atomic E-state index is 12.1. The highest BCUT2D eigenvalue weighted by molar-refractivity contribution is 7.83. The third kappa shape index (κ3) is 4.72. The SMILES string of the molecule is C[S@](=O)Cc1ccccc1NC(=O)C[C@@H]1CCCCO1. The smallest absolute Gasteiger partial charge is 0.226 e. The molecular weight excluding hydrogens is 274 g/mol. The maximum atomic E-state index is 12.1. The van der Waals surface area contributed by atoms with Crippen molar-refractivity contribution < 1.29 is 13.7 Å². The summed E-state index contributed by atoms with van der Waals surface area (Å²) < 4.78 is 16.9. The van der Waals surface area contributed by atoms with Crippen LogP contribution in [0.15, 0.2) is 24.3 Å². The maximum Gasteiger partial charge on any atom is 0.226 e. The molecule has 2 rings (SSSR count). The van der Waals surface area contributed by atoms with Crippen LogP contribution in [0.2, 0.25) is 0 Å².